The summed E-state index contributed by atoms with van der Waals surface area (Å²) in [6.07, 6.45) is 6.15. The summed E-state index contributed by atoms with van der Waals surface area (Å²) in [5, 5.41) is 10.5. The van der Waals surface area contributed by atoms with E-state index in [9.17, 15) is 9.90 Å². The lowest BCUT2D eigenvalue weighted by molar-refractivity contribution is -0.151. The summed E-state index contributed by atoms with van der Waals surface area (Å²) in [5.74, 6) is 0.0196. The maximum atomic E-state index is 12.3. The van der Waals surface area contributed by atoms with Gasteiger partial charge in [-0.25, -0.2) is 0 Å². The summed E-state index contributed by atoms with van der Waals surface area (Å²) >= 11 is 5.85. The molecule has 2 aliphatic heterocycles. The molecule has 2 heterocycles. The average molecular weight is 336 g/mol. The zero-order valence-electron chi connectivity index (χ0n) is 13.1. The highest BCUT2D eigenvalue weighted by atomic mass is 35.5. The number of piperidine rings is 1. The average Bonchev–Trinajstić information content (AvgIpc) is 2.54. The van der Waals surface area contributed by atoms with Gasteiger partial charge >= 0.3 is 0 Å². The van der Waals surface area contributed by atoms with Crippen LogP contribution in [0.25, 0.3) is 6.08 Å². The minimum atomic E-state index is -0.268. The van der Waals surface area contributed by atoms with Crippen LogP contribution in [0, 0.1) is 0 Å². The highest BCUT2D eigenvalue weighted by Gasteiger charge is 2.40. The van der Waals surface area contributed by atoms with E-state index in [4.69, 9.17) is 16.3 Å². The van der Waals surface area contributed by atoms with E-state index in [1.54, 1.807) is 6.08 Å². The second-order valence-corrected chi connectivity index (χ2v) is 6.82. The topological polar surface area (TPSA) is 49.8 Å². The number of nitrogens with zero attached hydrogens (tertiary/aromatic N) is 1. The van der Waals surface area contributed by atoms with Crippen LogP contribution < -0.4 is 0 Å². The summed E-state index contributed by atoms with van der Waals surface area (Å²) in [4.78, 5) is 14.1. The molecule has 1 atom stereocenters. The quantitative estimate of drug-likeness (QED) is 0.845. The monoisotopic (exact) mass is 335 g/mol. The number of likely N-dealkylation sites (tertiary alicyclic amines) is 1. The number of benzene rings is 1. The molecule has 0 saturated carbocycles. The fourth-order valence-corrected chi connectivity index (χ4v) is 3.46. The molecule has 23 heavy (non-hydrogen) atoms. The van der Waals surface area contributed by atoms with Crippen molar-refractivity contribution in [1.82, 2.24) is 4.90 Å². The van der Waals surface area contributed by atoms with E-state index in [1.807, 2.05) is 35.2 Å². The molecule has 124 valence electrons. The van der Waals surface area contributed by atoms with Gasteiger partial charge < -0.3 is 14.7 Å². The van der Waals surface area contributed by atoms with Gasteiger partial charge in [-0.05, 0) is 43.0 Å². The largest absolute Gasteiger partial charge is 0.393 e. The minimum absolute atomic E-state index is 0.0196. The number of rotatable bonds is 2. The molecule has 4 nitrogen and oxygen atoms in total. The Morgan fingerprint density at radius 2 is 2.00 bits per heavy atom. The molecule has 1 amide bonds. The van der Waals surface area contributed by atoms with Gasteiger partial charge in [-0.2, -0.15) is 0 Å². The standard InChI is InChI=1S/C18H22ClNO3/c19-15-4-1-14(2-5-15)3-6-17(22)20-10-8-18(9-11-20)13-16(21)7-12-23-18/h1-6,16,21H,7-13H2/b6-3+. The second-order valence-electron chi connectivity index (χ2n) is 6.39. The van der Waals surface area contributed by atoms with Crippen molar-refractivity contribution in [2.45, 2.75) is 37.4 Å². The number of amides is 1. The van der Waals surface area contributed by atoms with Gasteiger partial charge in [0.15, 0.2) is 0 Å². The van der Waals surface area contributed by atoms with E-state index in [1.165, 1.54) is 0 Å². The van der Waals surface area contributed by atoms with Crippen molar-refractivity contribution >= 4 is 23.6 Å². The molecule has 2 saturated heterocycles. The normalized spacial score (nSPS) is 24.3. The summed E-state index contributed by atoms with van der Waals surface area (Å²) < 4.78 is 5.92. The van der Waals surface area contributed by atoms with Crippen LogP contribution in [0.15, 0.2) is 30.3 Å². The number of aliphatic hydroxyl groups excluding tert-OH is 1. The molecular weight excluding hydrogens is 314 g/mol. The maximum absolute atomic E-state index is 12.3. The van der Waals surface area contributed by atoms with Gasteiger partial charge in [-0.15, -0.1) is 0 Å². The third-order valence-corrected chi connectivity index (χ3v) is 4.99. The lowest BCUT2D eigenvalue weighted by Crippen LogP contribution is -2.51. The Morgan fingerprint density at radius 1 is 1.30 bits per heavy atom. The van der Waals surface area contributed by atoms with E-state index in [0.717, 1.165) is 18.4 Å². The highest BCUT2D eigenvalue weighted by Crippen LogP contribution is 2.35. The molecular formula is C18H22ClNO3. The summed E-state index contributed by atoms with van der Waals surface area (Å²) in [5.41, 5.74) is 0.726. The third-order valence-electron chi connectivity index (χ3n) is 4.74. The Balaban J connectivity index is 1.55. The van der Waals surface area contributed by atoms with Gasteiger partial charge in [0.25, 0.3) is 0 Å². The van der Waals surface area contributed by atoms with Crippen molar-refractivity contribution in [3.05, 3.63) is 40.9 Å². The second kappa shape index (κ2) is 7.04. The van der Waals surface area contributed by atoms with Crippen molar-refractivity contribution in [2.24, 2.45) is 0 Å². The molecule has 1 aromatic rings. The number of aliphatic hydroxyl groups is 1. The molecule has 2 aliphatic rings. The van der Waals surface area contributed by atoms with Crippen LogP contribution in [0.4, 0.5) is 0 Å². The molecule has 3 rings (SSSR count). The fraction of sp³-hybridized carbons (Fsp3) is 0.500. The Bertz CT molecular complexity index is 576. The molecule has 5 heteroatoms. The van der Waals surface area contributed by atoms with Crippen LogP contribution in [-0.2, 0) is 9.53 Å². The van der Waals surface area contributed by atoms with Crippen LogP contribution in [0.1, 0.15) is 31.2 Å². The van der Waals surface area contributed by atoms with Crippen molar-refractivity contribution in [3.8, 4) is 0 Å². The smallest absolute Gasteiger partial charge is 0.246 e. The molecule has 1 unspecified atom stereocenters. The van der Waals surface area contributed by atoms with Crippen molar-refractivity contribution in [2.75, 3.05) is 19.7 Å². The first-order chi connectivity index (χ1) is 11.1. The first kappa shape index (κ1) is 16.5. The van der Waals surface area contributed by atoms with E-state index >= 15 is 0 Å². The van der Waals surface area contributed by atoms with Crippen molar-refractivity contribution < 1.29 is 14.6 Å². The number of hydrogen-bond donors (Lipinski definition) is 1. The SMILES string of the molecule is O=C(/C=C/c1ccc(Cl)cc1)N1CCC2(CC1)CC(O)CCO2. The lowest BCUT2D eigenvalue weighted by Gasteiger charge is -2.45. The van der Waals surface area contributed by atoms with E-state index < -0.39 is 0 Å². The zero-order chi connectivity index (χ0) is 16.3. The molecule has 2 fully saturated rings. The number of ether oxygens (including phenoxy) is 1. The predicted molar refractivity (Wildman–Crippen MR) is 90.2 cm³/mol. The Kier molecular flexibility index (Phi) is 5.05. The van der Waals surface area contributed by atoms with Gasteiger partial charge in [-0.1, -0.05) is 23.7 Å². The molecule has 0 aliphatic carbocycles. The van der Waals surface area contributed by atoms with Crippen LogP contribution >= 0.6 is 11.6 Å². The molecule has 0 aromatic heterocycles. The highest BCUT2D eigenvalue weighted by molar-refractivity contribution is 6.30. The van der Waals surface area contributed by atoms with Gasteiger partial charge in [0.1, 0.15) is 0 Å². The molecule has 0 radical (unpaired) electrons. The third kappa shape index (κ3) is 4.14. The summed E-state index contributed by atoms with van der Waals surface area (Å²) in [6, 6.07) is 7.38. The number of carbonyl (C=O) groups excluding carboxylic acids is 1. The maximum Gasteiger partial charge on any atom is 0.246 e. The van der Waals surface area contributed by atoms with Gasteiger partial charge in [0.05, 0.1) is 11.7 Å². The van der Waals surface area contributed by atoms with E-state index in [2.05, 4.69) is 0 Å². The first-order valence-corrected chi connectivity index (χ1v) is 8.49. The number of hydrogen-bond acceptors (Lipinski definition) is 3. The molecule has 0 bridgehead atoms. The van der Waals surface area contributed by atoms with Crippen LogP contribution in [0.3, 0.4) is 0 Å². The first-order valence-electron chi connectivity index (χ1n) is 8.11. The molecule has 1 aromatic carbocycles. The lowest BCUT2D eigenvalue weighted by atomic mass is 9.83. The Morgan fingerprint density at radius 3 is 2.65 bits per heavy atom. The van der Waals surface area contributed by atoms with Gasteiger partial charge in [0, 0.05) is 37.2 Å². The van der Waals surface area contributed by atoms with Crippen LogP contribution in [0.5, 0.6) is 0 Å². The van der Waals surface area contributed by atoms with Crippen molar-refractivity contribution in [3.63, 3.8) is 0 Å². The van der Waals surface area contributed by atoms with Gasteiger partial charge in [-0.3, -0.25) is 4.79 Å². The van der Waals surface area contributed by atoms with E-state index in [-0.39, 0.29) is 17.6 Å². The summed E-state index contributed by atoms with van der Waals surface area (Å²) in [6.45, 7) is 1.97. The molecule has 1 N–H and O–H groups in total. The van der Waals surface area contributed by atoms with Crippen LogP contribution in [-0.4, -0.2) is 47.3 Å². The zero-order valence-corrected chi connectivity index (χ0v) is 13.8. The number of carbonyl (C=O) groups is 1. The molecule has 1 spiro atoms. The van der Waals surface area contributed by atoms with Gasteiger partial charge in [0.2, 0.25) is 5.91 Å². The Hall–Kier alpha value is -1.36. The van der Waals surface area contributed by atoms with E-state index in [0.29, 0.717) is 37.6 Å². The fourth-order valence-electron chi connectivity index (χ4n) is 3.33. The number of halogens is 1. The Labute approximate surface area is 141 Å². The predicted octanol–water partition coefficient (Wildman–Crippen LogP) is 2.89. The van der Waals surface area contributed by atoms with Crippen LogP contribution in [0.2, 0.25) is 5.02 Å². The summed E-state index contributed by atoms with van der Waals surface area (Å²) in [7, 11) is 0. The van der Waals surface area contributed by atoms with Crippen molar-refractivity contribution in [1.29, 1.82) is 0 Å². The minimum Gasteiger partial charge on any atom is -0.393 e.